The lowest BCUT2D eigenvalue weighted by Crippen LogP contribution is -2.07. The van der Waals surface area contributed by atoms with Crippen molar-refractivity contribution < 1.29 is 0 Å². The van der Waals surface area contributed by atoms with E-state index in [4.69, 9.17) is 38.2 Å². The van der Waals surface area contributed by atoms with Crippen molar-refractivity contribution in [2.45, 2.75) is 60.4 Å². The minimum absolute atomic E-state index is 0.368. The highest BCUT2D eigenvalue weighted by molar-refractivity contribution is 6.31. The molecule has 0 radical (unpaired) electrons. The van der Waals surface area contributed by atoms with Crippen LogP contribution in [0.5, 0.6) is 0 Å². The van der Waals surface area contributed by atoms with Crippen molar-refractivity contribution in [3.05, 3.63) is 75.7 Å². The fraction of sp³-hybridized carbons (Fsp3) is 0.370. The second-order valence-electron chi connectivity index (χ2n) is 7.94. The fourth-order valence-corrected chi connectivity index (χ4v) is 3.37. The van der Waals surface area contributed by atoms with Gasteiger partial charge < -0.3 is 5.32 Å². The zero-order valence-corrected chi connectivity index (χ0v) is 21.7. The van der Waals surface area contributed by atoms with E-state index in [2.05, 4.69) is 32.2 Å². The SMILES string of the molecule is C\C=C(/C=C(Cl)\C=C\CCC)c1nc(C)c(/N=C\C(C)CC)c(NCc2cccc(Cl)c2)n1. The zero-order valence-electron chi connectivity index (χ0n) is 20.2. The minimum atomic E-state index is 0.368. The molecule has 0 fully saturated rings. The van der Waals surface area contributed by atoms with Crippen LogP contribution in [0.25, 0.3) is 5.57 Å². The van der Waals surface area contributed by atoms with Crippen LogP contribution in [0.1, 0.15) is 64.0 Å². The summed E-state index contributed by atoms with van der Waals surface area (Å²) in [6.45, 7) is 10.9. The topological polar surface area (TPSA) is 50.2 Å². The molecule has 2 rings (SSSR count). The van der Waals surface area contributed by atoms with E-state index in [1.165, 1.54) is 0 Å². The average Bonchev–Trinajstić information content (AvgIpc) is 2.80. The number of aryl methyl sites for hydroxylation is 1. The smallest absolute Gasteiger partial charge is 0.161 e. The van der Waals surface area contributed by atoms with Crippen LogP contribution in [0.15, 0.2) is 58.6 Å². The van der Waals surface area contributed by atoms with Gasteiger partial charge in [-0.1, -0.05) is 74.7 Å². The number of rotatable bonds is 11. The summed E-state index contributed by atoms with van der Waals surface area (Å²) in [5, 5.41) is 4.78. The first-order chi connectivity index (χ1) is 15.9. The maximum Gasteiger partial charge on any atom is 0.161 e. The molecule has 0 amide bonds. The molecular formula is C27H34Cl2N4. The van der Waals surface area contributed by atoms with Gasteiger partial charge in [0, 0.05) is 28.4 Å². The van der Waals surface area contributed by atoms with Gasteiger partial charge in [0.2, 0.25) is 0 Å². The molecule has 1 heterocycles. The summed E-state index contributed by atoms with van der Waals surface area (Å²) in [4.78, 5) is 14.3. The van der Waals surface area contributed by atoms with Gasteiger partial charge in [0.15, 0.2) is 11.6 Å². The van der Waals surface area contributed by atoms with Crippen LogP contribution in [-0.4, -0.2) is 16.2 Å². The van der Waals surface area contributed by atoms with Crippen molar-refractivity contribution in [1.29, 1.82) is 0 Å². The summed E-state index contributed by atoms with van der Waals surface area (Å²) < 4.78 is 0. The number of benzene rings is 1. The number of aliphatic imine (C=N–C) groups is 1. The molecule has 176 valence electrons. The molecule has 0 spiro atoms. The molecule has 1 N–H and O–H groups in total. The monoisotopic (exact) mass is 484 g/mol. The van der Waals surface area contributed by atoms with Gasteiger partial charge in [-0.3, -0.25) is 4.99 Å². The van der Waals surface area contributed by atoms with E-state index in [0.717, 1.165) is 41.8 Å². The predicted octanol–water partition coefficient (Wildman–Crippen LogP) is 8.68. The van der Waals surface area contributed by atoms with E-state index in [0.29, 0.717) is 34.2 Å². The third-order valence-corrected chi connectivity index (χ3v) is 5.57. The fourth-order valence-electron chi connectivity index (χ4n) is 2.95. The average molecular weight is 486 g/mol. The summed E-state index contributed by atoms with van der Waals surface area (Å²) in [7, 11) is 0. The molecular weight excluding hydrogens is 451 g/mol. The van der Waals surface area contributed by atoms with E-state index < -0.39 is 0 Å². The number of nitrogens with zero attached hydrogens (tertiary/aromatic N) is 3. The van der Waals surface area contributed by atoms with E-state index in [9.17, 15) is 0 Å². The summed E-state index contributed by atoms with van der Waals surface area (Å²) in [5.41, 5.74) is 3.47. The second-order valence-corrected chi connectivity index (χ2v) is 8.81. The summed E-state index contributed by atoms with van der Waals surface area (Å²) in [6, 6.07) is 7.77. The molecule has 0 aliphatic rings. The number of hydrogen-bond donors (Lipinski definition) is 1. The maximum atomic E-state index is 6.43. The summed E-state index contributed by atoms with van der Waals surface area (Å²) in [5.74, 6) is 1.66. The number of unbranched alkanes of at least 4 members (excludes halogenated alkanes) is 1. The van der Waals surface area contributed by atoms with Crippen LogP contribution < -0.4 is 5.32 Å². The molecule has 0 saturated carbocycles. The van der Waals surface area contributed by atoms with Gasteiger partial charge in [-0.25, -0.2) is 9.97 Å². The maximum absolute atomic E-state index is 6.43. The number of anilines is 1. The molecule has 2 aromatic rings. The molecule has 6 heteroatoms. The molecule has 0 aliphatic heterocycles. The lowest BCUT2D eigenvalue weighted by molar-refractivity contribution is 0.754. The Kier molecular flexibility index (Phi) is 11.4. The number of aromatic nitrogens is 2. The van der Waals surface area contributed by atoms with Crippen molar-refractivity contribution in [2.75, 3.05) is 5.32 Å². The Morgan fingerprint density at radius 1 is 1.24 bits per heavy atom. The first-order valence-corrected chi connectivity index (χ1v) is 12.2. The highest BCUT2D eigenvalue weighted by Gasteiger charge is 2.13. The van der Waals surface area contributed by atoms with Gasteiger partial charge in [-0.2, -0.15) is 0 Å². The van der Waals surface area contributed by atoms with Crippen LogP contribution in [0, 0.1) is 12.8 Å². The molecule has 0 saturated heterocycles. The second kappa shape index (κ2) is 14.0. The quantitative estimate of drug-likeness (QED) is 0.256. The van der Waals surface area contributed by atoms with Gasteiger partial charge in [0.25, 0.3) is 0 Å². The minimum Gasteiger partial charge on any atom is -0.364 e. The number of nitrogens with one attached hydrogen (secondary N) is 1. The van der Waals surface area contributed by atoms with Gasteiger partial charge in [-0.15, -0.1) is 0 Å². The van der Waals surface area contributed by atoms with Gasteiger partial charge in [-0.05, 0) is 62.5 Å². The number of halogens is 2. The Morgan fingerprint density at radius 2 is 2.03 bits per heavy atom. The van der Waals surface area contributed by atoms with E-state index >= 15 is 0 Å². The lowest BCUT2D eigenvalue weighted by atomic mass is 10.1. The molecule has 1 aromatic carbocycles. The van der Waals surface area contributed by atoms with Crippen LogP contribution in [0.3, 0.4) is 0 Å². The Labute approximate surface area is 208 Å². The van der Waals surface area contributed by atoms with Crippen molar-refractivity contribution >= 4 is 46.5 Å². The van der Waals surface area contributed by atoms with E-state index in [1.54, 1.807) is 0 Å². The lowest BCUT2D eigenvalue weighted by Gasteiger charge is -2.13. The Balaban J connectivity index is 2.44. The molecule has 4 nitrogen and oxygen atoms in total. The number of hydrogen-bond acceptors (Lipinski definition) is 4. The van der Waals surface area contributed by atoms with Crippen LogP contribution in [0.2, 0.25) is 5.02 Å². The van der Waals surface area contributed by atoms with E-state index in [1.807, 2.05) is 62.6 Å². The van der Waals surface area contributed by atoms with Crippen molar-refractivity contribution in [3.8, 4) is 0 Å². The highest BCUT2D eigenvalue weighted by atomic mass is 35.5. The van der Waals surface area contributed by atoms with E-state index in [-0.39, 0.29) is 0 Å². The highest BCUT2D eigenvalue weighted by Crippen LogP contribution is 2.29. The first-order valence-electron chi connectivity index (χ1n) is 11.5. The summed E-state index contributed by atoms with van der Waals surface area (Å²) >= 11 is 12.6. The molecule has 33 heavy (non-hydrogen) atoms. The van der Waals surface area contributed by atoms with Crippen LogP contribution in [-0.2, 0) is 6.54 Å². The van der Waals surface area contributed by atoms with Crippen molar-refractivity contribution in [3.63, 3.8) is 0 Å². The Bertz CT molecular complexity index is 1040. The third-order valence-electron chi connectivity index (χ3n) is 5.10. The number of allylic oxidation sites excluding steroid dienone is 6. The van der Waals surface area contributed by atoms with Gasteiger partial charge >= 0.3 is 0 Å². The first kappa shape index (κ1) is 26.8. The molecule has 0 aliphatic carbocycles. The molecule has 0 bridgehead atoms. The summed E-state index contributed by atoms with van der Waals surface area (Å²) in [6.07, 6.45) is 12.9. The predicted molar refractivity (Wildman–Crippen MR) is 145 cm³/mol. The van der Waals surface area contributed by atoms with Gasteiger partial charge in [0.05, 0.1) is 5.69 Å². The Hall–Kier alpha value is -2.43. The normalized spacial score (nSPS) is 13.8. The zero-order chi connectivity index (χ0) is 24.2. The van der Waals surface area contributed by atoms with Crippen molar-refractivity contribution in [1.82, 2.24) is 9.97 Å². The molecule has 1 atom stereocenters. The molecule has 1 unspecified atom stereocenters. The van der Waals surface area contributed by atoms with Crippen molar-refractivity contribution in [2.24, 2.45) is 10.9 Å². The standard InChI is InChI=1S/C27H34Cl2N4/c1-6-9-10-13-24(29)16-22(8-3)26-32-20(5)25(30-17-19(4)7-2)27(33-26)31-18-21-12-11-14-23(28)15-21/h8,10-17,19H,6-7,9,18H2,1-5H3,(H,31,32,33)/b13-10+,22-8+,24-16+,30-17-. The Morgan fingerprint density at radius 3 is 2.70 bits per heavy atom. The largest absolute Gasteiger partial charge is 0.364 e. The van der Waals surface area contributed by atoms with Crippen LogP contribution in [0.4, 0.5) is 11.5 Å². The van der Waals surface area contributed by atoms with Crippen LogP contribution >= 0.6 is 23.2 Å². The third kappa shape index (κ3) is 8.79. The molecule has 1 aromatic heterocycles. The van der Waals surface area contributed by atoms with Gasteiger partial charge in [0.1, 0.15) is 5.69 Å².